The van der Waals surface area contributed by atoms with Crippen LogP contribution in [0.1, 0.15) is 25.8 Å². The summed E-state index contributed by atoms with van der Waals surface area (Å²) in [4.78, 5) is 34.0. The standard InChI is InChI=1S/C16H20N2O4/c1-9(2)14(19)18-11-5-3-10(4-6-11)8-17-15(20)12-7-13(12)16(21)22/h3-6,9,12-13H,7-8H2,1-2H3,(H,17,20)(H,18,19)(H,21,22). The number of hydrogen-bond donors (Lipinski definition) is 3. The Hall–Kier alpha value is -2.37. The van der Waals surface area contributed by atoms with E-state index >= 15 is 0 Å². The lowest BCUT2D eigenvalue weighted by Crippen LogP contribution is -2.25. The molecule has 22 heavy (non-hydrogen) atoms. The van der Waals surface area contributed by atoms with E-state index in [0.717, 1.165) is 5.56 Å². The number of carboxylic acids is 1. The number of rotatable bonds is 6. The van der Waals surface area contributed by atoms with E-state index in [0.29, 0.717) is 18.7 Å². The smallest absolute Gasteiger partial charge is 0.307 e. The van der Waals surface area contributed by atoms with Gasteiger partial charge in [-0.3, -0.25) is 14.4 Å². The summed E-state index contributed by atoms with van der Waals surface area (Å²) in [6, 6.07) is 7.19. The topological polar surface area (TPSA) is 95.5 Å². The third-order valence-electron chi connectivity index (χ3n) is 3.66. The fourth-order valence-corrected chi connectivity index (χ4v) is 2.07. The Balaban J connectivity index is 1.81. The van der Waals surface area contributed by atoms with Gasteiger partial charge >= 0.3 is 5.97 Å². The molecule has 0 saturated heterocycles. The lowest BCUT2D eigenvalue weighted by atomic mass is 10.1. The molecule has 0 bridgehead atoms. The Morgan fingerprint density at radius 2 is 1.82 bits per heavy atom. The zero-order valence-electron chi connectivity index (χ0n) is 12.6. The molecule has 6 heteroatoms. The van der Waals surface area contributed by atoms with Crippen molar-refractivity contribution in [2.75, 3.05) is 5.32 Å². The van der Waals surface area contributed by atoms with Gasteiger partial charge in [-0.1, -0.05) is 26.0 Å². The second kappa shape index (κ2) is 6.60. The summed E-state index contributed by atoms with van der Waals surface area (Å²) in [6.45, 7) is 3.99. The van der Waals surface area contributed by atoms with Crippen molar-refractivity contribution in [3.63, 3.8) is 0 Å². The Bertz CT molecular complexity index is 580. The van der Waals surface area contributed by atoms with Crippen molar-refractivity contribution in [3.05, 3.63) is 29.8 Å². The minimum atomic E-state index is -0.912. The van der Waals surface area contributed by atoms with E-state index in [1.165, 1.54) is 0 Å². The van der Waals surface area contributed by atoms with E-state index in [1.807, 2.05) is 26.0 Å². The first-order valence-electron chi connectivity index (χ1n) is 7.29. The van der Waals surface area contributed by atoms with E-state index in [-0.39, 0.29) is 17.7 Å². The van der Waals surface area contributed by atoms with Crippen LogP contribution in [0, 0.1) is 17.8 Å². The van der Waals surface area contributed by atoms with Gasteiger partial charge in [0.25, 0.3) is 0 Å². The van der Waals surface area contributed by atoms with Crippen molar-refractivity contribution >= 4 is 23.5 Å². The van der Waals surface area contributed by atoms with E-state index in [4.69, 9.17) is 5.11 Å². The molecule has 0 heterocycles. The van der Waals surface area contributed by atoms with Crippen molar-refractivity contribution in [2.45, 2.75) is 26.8 Å². The molecule has 2 amide bonds. The maximum Gasteiger partial charge on any atom is 0.307 e. The quantitative estimate of drug-likeness (QED) is 0.744. The zero-order valence-corrected chi connectivity index (χ0v) is 12.6. The molecule has 3 N–H and O–H groups in total. The first kappa shape index (κ1) is 16.0. The SMILES string of the molecule is CC(C)C(=O)Nc1ccc(CNC(=O)C2CC2C(=O)O)cc1. The summed E-state index contributed by atoms with van der Waals surface area (Å²) >= 11 is 0. The molecule has 2 atom stereocenters. The van der Waals surface area contributed by atoms with Gasteiger partial charge in [0.05, 0.1) is 11.8 Å². The van der Waals surface area contributed by atoms with Gasteiger partial charge in [0.15, 0.2) is 0 Å². The van der Waals surface area contributed by atoms with Crippen LogP contribution in [0.25, 0.3) is 0 Å². The fourth-order valence-electron chi connectivity index (χ4n) is 2.07. The molecule has 0 spiro atoms. The van der Waals surface area contributed by atoms with Gasteiger partial charge in [0.1, 0.15) is 0 Å². The first-order chi connectivity index (χ1) is 10.4. The van der Waals surface area contributed by atoms with Crippen LogP contribution in [0.15, 0.2) is 24.3 Å². The van der Waals surface area contributed by atoms with Crippen LogP contribution in [0.4, 0.5) is 5.69 Å². The van der Waals surface area contributed by atoms with Gasteiger partial charge in [-0.25, -0.2) is 0 Å². The first-order valence-corrected chi connectivity index (χ1v) is 7.29. The number of carbonyl (C=O) groups is 3. The molecule has 1 aromatic carbocycles. The lowest BCUT2D eigenvalue weighted by Gasteiger charge is -2.09. The van der Waals surface area contributed by atoms with E-state index < -0.39 is 17.8 Å². The third kappa shape index (κ3) is 4.07. The summed E-state index contributed by atoms with van der Waals surface area (Å²) < 4.78 is 0. The van der Waals surface area contributed by atoms with E-state index in [1.54, 1.807) is 12.1 Å². The summed E-state index contributed by atoms with van der Waals surface area (Å²) in [5.41, 5.74) is 1.60. The molecule has 1 aliphatic rings. The van der Waals surface area contributed by atoms with Crippen LogP contribution >= 0.6 is 0 Å². The molecule has 2 rings (SSSR count). The Morgan fingerprint density at radius 1 is 1.18 bits per heavy atom. The predicted molar refractivity (Wildman–Crippen MR) is 81.0 cm³/mol. The van der Waals surface area contributed by atoms with Gasteiger partial charge in [0.2, 0.25) is 11.8 Å². The number of anilines is 1. The third-order valence-corrected chi connectivity index (χ3v) is 3.66. The summed E-state index contributed by atoms with van der Waals surface area (Å²) in [5, 5.41) is 14.3. The second-order valence-corrected chi connectivity index (χ2v) is 5.85. The molecule has 118 valence electrons. The lowest BCUT2D eigenvalue weighted by molar-refractivity contribution is -0.140. The summed E-state index contributed by atoms with van der Waals surface area (Å²) in [7, 11) is 0. The normalized spacial score (nSPS) is 19.6. The average Bonchev–Trinajstić information content (AvgIpc) is 3.26. The molecule has 1 fully saturated rings. The highest BCUT2D eigenvalue weighted by Gasteiger charge is 2.48. The van der Waals surface area contributed by atoms with Crippen molar-refractivity contribution < 1.29 is 19.5 Å². The van der Waals surface area contributed by atoms with Crippen LogP contribution in [0.2, 0.25) is 0 Å². The molecule has 2 unspecified atom stereocenters. The van der Waals surface area contributed by atoms with Gasteiger partial charge in [-0.2, -0.15) is 0 Å². The number of benzene rings is 1. The van der Waals surface area contributed by atoms with Gasteiger partial charge in [-0.15, -0.1) is 0 Å². The van der Waals surface area contributed by atoms with Crippen molar-refractivity contribution in [3.8, 4) is 0 Å². The van der Waals surface area contributed by atoms with Crippen molar-refractivity contribution in [1.29, 1.82) is 0 Å². The zero-order chi connectivity index (χ0) is 16.3. The molecule has 0 aromatic heterocycles. The van der Waals surface area contributed by atoms with E-state index in [2.05, 4.69) is 10.6 Å². The van der Waals surface area contributed by atoms with E-state index in [9.17, 15) is 14.4 Å². The number of nitrogens with one attached hydrogen (secondary N) is 2. The van der Waals surface area contributed by atoms with Crippen LogP contribution in [-0.4, -0.2) is 22.9 Å². The van der Waals surface area contributed by atoms with Crippen molar-refractivity contribution in [1.82, 2.24) is 5.32 Å². The molecular weight excluding hydrogens is 284 g/mol. The van der Waals surface area contributed by atoms with Gasteiger partial charge < -0.3 is 15.7 Å². The average molecular weight is 304 g/mol. The van der Waals surface area contributed by atoms with Gasteiger partial charge in [0, 0.05) is 18.2 Å². The Morgan fingerprint density at radius 3 is 2.32 bits per heavy atom. The molecule has 1 aliphatic carbocycles. The highest BCUT2D eigenvalue weighted by Crippen LogP contribution is 2.38. The van der Waals surface area contributed by atoms with Crippen LogP contribution in [0.3, 0.4) is 0 Å². The molecule has 0 radical (unpaired) electrons. The molecule has 1 saturated carbocycles. The van der Waals surface area contributed by atoms with Gasteiger partial charge in [-0.05, 0) is 24.1 Å². The molecule has 6 nitrogen and oxygen atoms in total. The minimum absolute atomic E-state index is 0.0468. The van der Waals surface area contributed by atoms with Crippen LogP contribution < -0.4 is 10.6 Å². The van der Waals surface area contributed by atoms with Crippen LogP contribution in [0.5, 0.6) is 0 Å². The number of amides is 2. The summed E-state index contributed by atoms with van der Waals surface area (Å²) in [5.74, 6) is -2.19. The Labute approximate surface area is 128 Å². The number of carbonyl (C=O) groups excluding carboxylic acids is 2. The second-order valence-electron chi connectivity index (χ2n) is 5.85. The maximum absolute atomic E-state index is 11.7. The largest absolute Gasteiger partial charge is 0.481 e. The number of carboxylic acid groups (broad SMARTS) is 1. The maximum atomic E-state index is 11.7. The molecule has 1 aromatic rings. The number of aliphatic carboxylic acids is 1. The Kier molecular flexibility index (Phi) is 4.80. The van der Waals surface area contributed by atoms with Crippen LogP contribution in [-0.2, 0) is 20.9 Å². The predicted octanol–water partition coefficient (Wildman–Crippen LogP) is 1.62. The highest BCUT2D eigenvalue weighted by molar-refractivity contribution is 5.92. The minimum Gasteiger partial charge on any atom is -0.481 e. The monoisotopic (exact) mass is 304 g/mol. The number of hydrogen-bond acceptors (Lipinski definition) is 3. The fraction of sp³-hybridized carbons (Fsp3) is 0.438. The molecular formula is C16H20N2O4. The van der Waals surface area contributed by atoms with Crippen molar-refractivity contribution in [2.24, 2.45) is 17.8 Å². The summed E-state index contributed by atoms with van der Waals surface area (Å²) in [6.07, 6.45) is 0.418. The molecule has 0 aliphatic heterocycles. The highest BCUT2D eigenvalue weighted by atomic mass is 16.4.